The monoisotopic (exact) mass is 291 g/mol. The van der Waals surface area contributed by atoms with E-state index in [2.05, 4.69) is 9.71 Å². The van der Waals surface area contributed by atoms with Crippen LogP contribution in [0, 0.1) is 6.92 Å². The van der Waals surface area contributed by atoms with Crippen molar-refractivity contribution in [3.05, 3.63) is 59.4 Å². The van der Waals surface area contributed by atoms with Gasteiger partial charge in [-0.1, -0.05) is 18.2 Å². The number of nitrogens with two attached hydrogens (primary N) is 1. The number of hydrogen-bond acceptors (Lipinski definition) is 4. The van der Waals surface area contributed by atoms with Gasteiger partial charge >= 0.3 is 0 Å². The van der Waals surface area contributed by atoms with Crippen molar-refractivity contribution in [3.8, 4) is 0 Å². The second-order valence-corrected chi connectivity index (χ2v) is 6.21. The Hall–Kier alpha value is -1.76. The Morgan fingerprint density at radius 1 is 1.20 bits per heavy atom. The highest BCUT2D eigenvalue weighted by molar-refractivity contribution is 7.89. The van der Waals surface area contributed by atoms with E-state index in [1.807, 2.05) is 19.1 Å². The third kappa shape index (κ3) is 3.63. The van der Waals surface area contributed by atoms with E-state index in [0.29, 0.717) is 12.2 Å². The molecular weight excluding hydrogens is 274 g/mol. The van der Waals surface area contributed by atoms with Crippen LogP contribution in [0.2, 0.25) is 0 Å². The quantitative estimate of drug-likeness (QED) is 0.870. The van der Waals surface area contributed by atoms with Gasteiger partial charge in [0.15, 0.2) is 0 Å². The summed E-state index contributed by atoms with van der Waals surface area (Å²) in [4.78, 5) is 4.47. The lowest BCUT2D eigenvalue weighted by molar-refractivity contribution is 0.580. The van der Waals surface area contributed by atoms with Gasteiger partial charge in [0, 0.05) is 12.2 Å². The van der Waals surface area contributed by atoms with Crippen molar-refractivity contribution >= 4 is 10.0 Å². The van der Waals surface area contributed by atoms with Crippen LogP contribution in [-0.2, 0) is 23.1 Å². The van der Waals surface area contributed by atoms with E-state index in [-0.39, 0.29) is 11.4 Å². The maximum atomic E-state index is 12.2. The summed E-state index contributed by atoms with van der Waals surface area (Å²) in [6.45, 7) is 2.34. The third-order valence-corrected chi connectivity index (χ3v) is 4.23. The lowest BCUT2D eigenvalue weighted by Crippen LogP contribution is -2.24. The molecule has 1 aromatic heterocycles. The van der Waals surface area contributed by atoms with Crippen LogP contribution in [-0.4, -0.2) is 13.4 Å². The normalized spacial score (nSPS) is 11.5. The molecule has 0 spiro atoms. The first-order valence-electron chi connectivity index (χ1n) is 6.22. The zero-order valence-electron chi connectivity index (χ0n) is 11.2. The van der Waals surface area contributed by atoms with Gasteiger partial charge in [-0.05, 0) is 36.8 Å². The Kier molecular flexibility index (Phi) is 4.49. The summed E-state index contributed by atoms with van der Waals surface area (Å²) in [5.74, 6) is 0. The molecule has 6 heteroatoms. The molecule has 2 aromatic rings. The topological polar surface area (TPSA) is 85.1 Å². The fraction of sp³-hybridized carbons (Fsp3) is 0.214. The SMILES string of the molecule is Cc1cccc(CNS(=O)(=O)c2cccc(CN)c2)n1. The highest BCUT2D eigenvalue weighted by atomic mass is 32.2. The summed E-state index contributed by atoms with van der Waals surface area (Å²) in [7, 11) is -3.55. The highest BCUT2D eigenvalue weighted by Gasteiger charge is 2.14. The molecule has 20 heavy (non-hydrogen) atoms. The van der Waals surface area contributed by atoms with Crippen LogP contribution in [0.4, 0.5) is 0 Å². The van der Waals surface area contributed by atoms with Crippen molar-refractivity contribution in [2.45, 2.75) is 24.9 Å². The third-order valence-electron chi connectivity index (χ3n) is 2.83. The maximum absolute atomic E-state index is 12.2. The predicted octanol–water partition coefficient (Wildman–Crippen LogP) is 1.33. The molecule has 0 radical (unpaired) electrons. The molecule has 0 unspecified atom stereocenters. The standard InChI is InChI=1S/C14H17N3O2S/c1-11-4-2-6-13(17-11)10-16-20(18,19)14-7-3-5-12(8-14)9-15/h2-8,16H,9-10,15H2,1H3. The Bertz CT molecular complexity index is 699. The molecule has 0 aliphatic heterocycles. The first-order chi connectivity index (χ1) is 9.51. The van der Waals surface area contributed by atoms with E-state index in [9.17, 15) is 8.42 Å². The molecule has 0 bridgehead atoms. The van der Waals surface area contributed by atoms with E-state index in [1.54, 1.807) is 30.3 Å². The molecule has 1 heterocycles. The second kappa shape index (κ2) is 6.13. The van der Waals surface area contributed by atoms with E-state index >= 15 is 0 Å². The average Bonchev–Trinajstić information content (AvgIpc) is 2.45. The Labute approximate surface area is 118 Å². The van der Waals surface area contributed by atoms with Gasteiger partial charge in [-0.2, -0.15) is 0 Å². The molecule has 0 amide bonds. The fourth-order valence-electron chi connectivity index (χ4n) is 1.79. The minimum absolute atomic E-state index is 0.164. The number of benzene rings is 1. The van der Waals surface area contributed by atoms with Gasteiger partial charge in [0.2, 0.25) is 10.0 Å². The number of nitrogens with one attached hydrogen (secondary N) is 1. The fourth-order valence-corrected chi connectivity index (χ4v) is 2.86. The summed E-state index contributed by atoms with van der Waals surface area (Å²) in [5, 5.41) is 0. The van der Waals surface area contributed by atoms with Gasteiger partial charge in [-0.15, -0.1) is 0 Å². The van der Waals surface area contributed by atoms with Gasteiger partial charge in [0.1, 0.15) is 0 Å². The number of hydrogen-bond donors (Lipinski definition) is 2. The second-order valence-electron chi connectivity index (χ2n) is 4.45. The van der Waals surface area contributed by atoms with Gasteiger partial charge in [0.05, 0.1) is 17.1 Å². The minimum Gasteiger partial charge on any atom is -0.326 e. The van der Waals surface area contributed by atoms with E-state index in [0.717, 1.165) is 11.3 Å². The summed E-state index contributed by atoms with van der Waals surface area (Å²) < 4.78 is 26.9. The summed E-state index contributed by atoms with van der Waals surface area (Å²) >= 11 is 0. The van der Waals surface area contributed by atoms with Crippen molar-refractivity contribution in [2.75, 3.05) is 0 Å². The van der Waals surface area contributed by atoms with Crippen LogP contribution in [0.15, 0.2) is 47.4 Å². The van der Waals surface area contributed by atoms with Gasteiger partial charge in [0.25, 0.3) is 0 Å². The molecule has 0 saturated heterocycles. The number of rotatable bonds is 5. The smallest absolute Gasteiger partial charge is 0.240 e. The predicted molar refractivity (Wildman–Crippen MR) is 77.3 cm³/mol. The Balaban J connectivity index is 2.15. The summed E-state index contributed by atoms with van der Waals surface area (Å²) in [6.07, 6.45) is 0. The zero-order valence-corrected chi connectivity index (χ0v) is 12.0. The highest BCUT2D eigenvalue weighted by Crippen LogP contribution is 2.11. The van der Waals surface area contributed by atoms with Crippen molar-refractivity contribution in [1.82, 2.24) is 9.71 Å². The lowest BCUT2D eigenvalue weighted by atomic mass is 10.2. The molecule has 0 aliphatic carbocycles. The molecule has 0 saturated carbocycles. The number of pyridine rings is 1. The van der Waals surface area contributed by atoms with Crippen LogP contribution >= 0.6 is 0 Å². The van der Waals surface area contributed by atoms with Crippen molar-refractivity contribution in [1.29, 1.82) is 0 Å². The summed E-state index contributed by atoms with van der Waals surface area (Å²) in [5.41, 5.74) is 7.84. The first-order valence-corrected chi connectivity index (χ1v) is 7.71. The van der Waals surface area contributed by atoms with Crippen molar-refractivity contribution in [2.24, 2.45) is 5.73 Å². The van der Waals surface area contributed by atoms with Gasteiger partial charge < -0.3 is 5.73 Å². The first kappa shape index (κ1) is 14.6. The molecule has 5 nitrogen and oxygen atoms in total. The summed E-state index contributed by atoms with van der Waals surface area (Å²) in [6, 6.07) is 12.1. The zero-order chi connectivity index (χ0) is 14.6. The van der Waals surface area contributed by atoms with Crippen LogP contribution in [0.1, 0.15) is 17.0 Å². The molecule has 106 valence electrons. The van der Waals surface area contributed by atoms with E-state index in [4.69, 9.17) is 5.73 Å². The Morgan fingerprint density at radius 3 is 2.65 bits per heavy atom. The molecular formula is C14H17N3O2S. The molecule has 0 aliphatic rings. The molecule has 0 fully saturated rings. The van der Waals surface area contributed by atoms with Crippen molar-refractivity contribution < 1.29 is 8.42 Å². The van der Waals surface area contributed by atoms with E-state index < -0.39 is 10.0 Å². The van der Waals surface area contributed by atoms with E-state index in [1.165, 1.54) is 0 Å². The molecule has 3 N–H and O–H groups in total. The molecule has 0 atom stereocenters. The molecule has 2 rings (SSSR count). The maximum Gasteiger partial charge on any atom is 0.240 e. The van der Waals surface area contributed by atoms with Crippen LogP contribution in [0.25, 0.3) is 0 Å². The number of aryl methyl sites for hydroxylation is 1. The Morgan fingerprint density at radius 2 is 1.95 bits per heavy atom. The minimum atomic E-state index is -3.55. The lowest BCUT2D eigenvalue weighted by Gasteiger charge is -2.08. The van der Waals surface area contributed by atoms with Crippen molar-refractivity contribution in [3.63, 3.8) is 0 Å². The van der Waals surface area contributed by atoms with Gasteiger partial charge in [-0.25, -0.2) is 13.1 Å². The average molecular weight is 291 g/mol. The largest absolute Gasteiger partial charge is 0.326 e. The number of sulfonamides is 1. The number of aromatic nitrogens is 1. The van der Waals surface area contributed by atoms with Crippen LogP contribution in [0.5, 0.6) is 0 Å². The number of nitrogens with zero attached hydrogens (tertiary/aromatic N) is 1. The van der Waals surface area contributed by atoms with Crippen LogP contribution < -0.4 is 10.5 Å². The molecule has 1 aromatic carbocycles. The van der Waals surface area contributed by atoms with Crippen LogP contribution in [0.3, 0.4) is 0 Å². The van der Waals surface area contributed by atoms with Gasteiger partial charge in [-0.3, -0.25) is 4.98 Å².